The van der Waals surface area contributed by atoms with Gasteiger partial charge in [0.2, 0.25) is 10.0 Å². The zero-order valence-electron chi connectivity index (χ0n) is 12.1. The van der Waals surface area contributed by atoms with Gasteiger partial charge in [-0.05, 0) is 32.0 Å². The predicted octanol–water partition coefficient (Wildman–Crippen LogP) is -0.224. The van der Waals surface area contributed by atoms with Crippen molar-refractivity contribution in [2.75, 3.05) is 26.7 Å². The Morgan fingerprint density at radius 2 is 2.19 bits per heavy atom. The Morgan fingerprint density at radius 1 is 1.52 bits per heavy atom. The van der Waals surface area contributed by atoms with Crippen molar-refractivity contribution in [1.29, 1.82) is 0 Å². The van der Waals surface area contributed by atoms with Gasteiger partial charge in [-0.1, -0.05) is 0 Å². The van der Waals surface area contributed by atoms with E-state index in [1.54, 1.807) is 7.05 Å². The van der Waals surface area contributed by atoms with Crippen LogP contribution in [0.15, 0.2) is 17.2 Å². The van der Waals surface area contributed by atoms with Gasteiger partial charge in [0.1, 0.15) is 10.6 Å². The summed E-state index contributed by atoms with van der Waals surface area (Å²) in [6.07, 6.45) is 2.27. The average Bonchev–Trinajstić information content (AvgIpc) is 2.96. The molecule has 1 unspecified atom stereocenters. The standard InChI is InChI=1S/C12H20N4O3S.ClH/c1-14-6-9-3-4-16(7-9)20(18,19)10-5-11(12(13)17)15(2)8-10;/h5,8-9,14H,3-4,6-7H2,1-2H3,(H2,13,17);1H. The fraction of sp³-hybridized carbons (Fsp3) is 0.583. The first-order valence-electron chi connectivity index (χ1n) is 6.47. The van der Waals surface area contributed by atoms with Crippen molar-refractivity contribution in [1.82, 2.24) is 14.2 Å². The van der Waals surface area contributed by atoms with E-state index in [9.17, 15) is 13.2 Å². The molecule has 3 N–H and O–H groups in total. The summed E-state index contributed by atoms with van der Waals surface area (Å²) < 4.78 is 27.9. The number of sulfonamides is 1. The van der Waals surface area contributed by atoms with Gasteiger partial charge in [-0.15, -0.1) is 12.4 Å². The Hall–Kier alpha value is -1.09. The smallest absolute Gasteiger partial charge is 0.265 e. The molecule has 1 saturated heterocycles. The molecule has 1 fully saturated rings. The number of halogens is 1. The van der Waals surface area contributed by atoms with E-state index in [0.29, 0.717) is 19.0 Å². The molecular formula is C12H21ClN4O3S. The number of aryl methyl sites for hydroxylation is 1. The van der Waals surface area contributed by atoms with Gasteiger partial charge in [-0.2, -0.15) is 4.31 Å². The molecule has 2 heterocycles. The molecule has 0 radical (unpaired) electrons. The highest BCUT2D eigenvalue weighted by Gasteiger charge is 2.33. The number of nitrogens with zero attached hydrogens (tertiary/aromatic N) is 2. The van der Waals surface area contributed by atoms with Crippen LogP contribution in [0.4, 0.5) is 0 Å². The van der Waals surface area contributed by atoms with Crippen LogP contribution in [0.25, 0.3) is 0 Å². The van der Waals surface area contributed by atoms with Crippen LogP contribution in [0.2, 0.25) is 0 Å². The highest BCUT2D eigenvalue weighted by atomic mass is 35.5. The largest absolute Gasteiger partial charge is 0.364 e. The molecule has 0 spiro atoms. The van der Waals surface area contributed by atoms with Crippen molar-refractivity contribution >= 4 is 28.3 Å². The molecule has 0 aromatic carbocycles. The van der Waals surface area contributed by atoms with Crippen LogP contribution in [0.1, 0.15) is 16.9 Å². The highest BCUT2D eigenvalue weighted by Crippen LogP contribution is 2.25. The van der Waals surface area contributed by atoms with Gasteiger partial charge in [0.25, 0.3) is 5.91 Å². The number of hydrogen-bond acceptors (Lipinski definition) is 4. The lowest BCUT2D eigenvalue weighted by Crippen LogP contribution is -2.30. The lowest BCUT2D eigenvalue weighted by atomic mass is 10.1. The third-order valence-corrected chi connectivity index (χ3v) is 5.44. The number of hydrogen-bond donors (Lipinski definition) is 2. The topological polar surface area (TPSA) is 97.4 Å². The number of aromatic nitrogens is 1. The number of rotatable bonds is 5. The van der Waals surface area contributed by atoms with Crippen molar-refractivity contribution < 1.29 is 13.2 Å². The van der Waals surface area contributed by atoms with Crippen LogP contribution in [0, 0.1) is 5.92 Å². The number of carbonyl (C=O) groups excluding carboxylic acids is 1. The van der Waals surface area contributed by atoms with Crippen LogP contribution in [0.5, 0.6) is 0 Å². The summed E-state index contributed by atoms with van der Waals surface area (Å²) in [5, 5.41) is 3.06. The second-order valence-electron chi connectivity index (χ2n) is 5.11. The minimum atomic E-state index is -3.55. The molecule has 1 atom stereocenters. The minimum absolute atomic E-state index is 0. The fourth-order valence-corrected chi connectivity index (χ4v) is 4.14. The number of nitrogens with two attached hydrogens (primary N) is 1. The zero-order chi connectivity index (χ0) is 14.9. The van der Waals surface area contributed by atoms with Crippen LogP contribution >= 0.6 is 12.4 Å². The summed E-state index contributed by atoms with van der Waals surface area (Å²) in [6, 6.07) is 1.34. The molecule has 21 heavy (non-hydrogen) atoms. The third-order valence-electron chi connectivity index (χ3n) is 3.61. The maximum Gasteiger partial charge on any atom is 0.265 e. The zero-order valence-corrected chi connectivity index (χ0v) is 13.7. The van der Waals surface area contributed by atoms with Gasteiger partial charge in [0, 0.05) is 26.3 Å². The van der Waals surface area contributed by atoms with Crippen LogP contribution < -0.4 is 11.1 Å². The van der Waals surface area contributed by atoms with E-state index in [-0.39, 0.29) is 23.0 Å². The quantitative estimate of drug-likeness (QED) is 0.776. The second kappa shape index (κ2) is 6.78. The highest BCUT2D eigenvalue weighted by molar-refractivity contribution is 7.89. The lowest BCUT2D eigenvalue weighted by molar-refractivity contribution is 0.0992. The first-order chi connectivity index (χ1) is 9.36. The molecule has 1 aromatic heterocycles. The molecule has 1 aliphatic rings. The molecule has 120 valence electrons. The molecule has 0 bridgehead atoms. The number of nitrogens with one attached hydrogen (secondary N) is 1. The molecule has 1 amide bonds. The SMILES string of the molecule is CNCC1CCN(S(=O)(=O)c2cc(C(N)=O)n(C)c2)C1.Cl. The Morgan fingerprint density at radius 3 is 2.71 bits per heavy atom. The maximum atomic E-state index is 12.5. The molecule has 1 aliphatic heterocycles. The van der Waals surface area contributed by atoms with E-state index in [1.165, 1.54) is 21.1 Å². The van der Waals surface area contributed by atoms with Crippen molar-refractivity contribution in [3.8, 4) is 0 Å². The molecule has 1 aromatic rings. The summed E-state index contributed by atoms with van der Waals surface area (Å²) in [4.78, 5) is 11.3. The van der Waals surface area contributed by atoms with E-state index >= 15 is 0 Å². The van der Waals surface area contributed by atoms with E-state index in [2.05, 4.69) is 5.32 Å². The second-order valence-corrected chi connectivity index (χ2v) is 7.05. The van der Waals surface area contributed by atoms with Crippen molar-refractivity contribution in [2.45, 2.75) is 11.3 Å². The molecular weight excluding hydrogens is 316 g/mol. The Kier molecular flexibility index (Phi) is 5.80. The predicted molar refractivity (Wildman–Crippen MR) is 82.0 cm³/mol. The molecule has 0 aliphatic carbocycles. The number of amides is 1. The van der Waals surface area contributed by atoms with Crippen molar-refractivity contribution in [2.24, 2.45) is 18.7 Å². The molecule has 0 saturated carbocycles. The van der Waals surface area contributed by atoms with E-state index in [1.807, 2.05) is 7.05 Å². The summed E-state index contributed by atoms with van der Waals surface area (Å²) in [5.41, 5.74) is 5.40. The summed E-state index contributed by atoms with van der Waals surface area (Å²) >= 11 is 0. The van der Waals surface area contributed by atoms with Gasteiger partial charge >= 0.3 is 0 Å². The first kappa shape index (κ1) is 18.0. The van der Waals surface area contributed by atoms with Crippen molar-refractivity contribution in [3.05, 3.63) is 18.0 Å². The summed E-state index contributed by atoms with van der Waals surface area (Å²) in [5.74, 6) is -0.308. The summed E-state index contributed by atoms with van der Waals surface area (Å²) in [7, 11) is -0.0894. The van der Waals surface area contributed by atoms with Crippen molar-refractivity contribution in [3.63, 3.8) is 0 Å². The van der Waals surface area contributed by atoms with E-state index in [4.69, 9.17) is 5.73 Å². The Bertz CT molecular complexity index is 614. The van der Waals surface area contributed by atoms with E-state index < -0.39 is 15.9 Å². The van der Waals surface area contributed by atoms with Crippen LogP contribution in [-0.4, -0.2) is 49.9 Å². The summed E-state index contributed by atoms with van der Waals surface area (Å²) in [6.45, 7) is 1.81. The molecule has 7 nitrogen and oxygen atoms in total. The van der Waals surface area contributed by atoms with Gasteiger partial charge in [-0.25, -0.2) is 8.42 Å². The maximum absolute atomic E-state index is 12.5. The fourth-order valence-electron chi connectivity index (χ4n) is 2.54. The molecule has 2 rings (SSSR count). The normalized spacial score (nSPS) is 19.4. The van der Waals surface area contributed by atoms with Gasteiger partial charge in [0.05, 0.1) is 0 Å². The average molecular weight is 337 g/mol. The lowest BCUT2D eigenvalue weighted by Gasteiger charge is -2.15. The number of primary amides is 1. The van der Waals surface area contributed by atoms with Gasteiger partial charge < -0.3 is 15.6 Å². The Labute approximate surface area is 130 Å². The minimum Gasteiger partial charge on any atom is -0.364 e. The van der Waals surface area contributed by atoms with Crippen LogP contribution in [0.3, 0.4) is 0 Å². The van der Waals surface area contributed by atoms with Crippen LogP contribution in [-0.2, 0) is 17.1 Å². The first-order valence-corrected chi connectivity index (χ1v) is 7.91. The van der Waals surface area contributed by atoms with E-state index in [0.717, 1.165) is 13.0 Å². The van der Waals surface area contributed by atoms with Gasteiger partial charge in [-0.3, -0.25) is 4.79 Å². The third kappa shape index (κ3) is 3.57. The number of carbonyl (C=O) groups is 1. The molecule has 9 heteroatoms. The monoisotopic (exact) mass is 336 g/mol. The van der Waals surface area contributed by atoms with Gasteiger partial charge in [0.15, 0.2) is 0 Å². The Balaban J connectivity index is 0.00000220.